The summed E-state index contributed by atoms with van der Waals surface area (Å²) in [5, 5.41) is 12.5. The van der Waals surface area contributed by atoms with Gasteiger partial charge in [0.2, 0.25) is 9.84 Å². The molecular formula is C23H13ClN2O4S. The second kappa shape index (κ2) is 7.84. The van der Waals surface area contributed by atoms with Crippen LogP contribution < -0.4 is 5.32 Å². The molecule has 0 fully saturated rings. The van der Waals surface area contributed by atoms with Crippen LogP contribution in [0.2, 0.25) is 5.02 Å². The van der Waals surface area contributed by atoms with Gasteiger partial charge in [0.15, 0.2) is 16.5 Å². The van der Waals surface area contributed by atoms with Crippen LogP contribution in [-0.4, -0.2) is 20.0 Å². The first-order valence-corrected chi connectivity index (χ1v) is 10.9. The standard InChI is InChI=1S/C23H13ClN2O4S/c24-14-8-10-15(11-9-14)31(29,30)16(12-25)13-26-20-7-3-6-19-21(20)23(28)18-5-2-1-4-17(18)22(19)27/h1-11,13,26H/b16-13-. The normalized spacial score (nSPS) is 13.2. The van der Waals surface area contributed by atoms with E-state index in [1.807, 2.05) is 0 Å². The summed E-state index contributed by atoms with van der Waals surface area (Å²) in [5.41, 5.74) is 1.15. The van der Waals surface area contributed by atoms with Gasteiger partial charge in [0.1, 0.15) is 6.07 Å². The number of halogens is 1. The number of hydrogen-bond acceptors (Lipinski definition) is 6. The molecule has 0 radical (unpaired) electrons. The smallest absolute Gasteiger partial charge is 0.218 e. The van der Waals surface area contributed by atoms with E-state index < -0.39 is 14.7 Å². The number of nitrogens with one attached hydrogen (secondary N) is 1. The van der Waals surface area contributed by atoms with Crippen LogP contribution in [0, 0.1) is 11.3 Å². The highest BCUT2D eigenvalue weighted by Crippen LogP contribution is 2.32. The molecule has 0 spiro atoms. The number of anilines is 1. The maximum absolute atomic E-state index is 13.0. The Labute approximate surface area is 183 Å². The van der Waals surface area contributed by atoms with Gasteiger partial charge in [-0.25, -0.2) is 8.42 Å². The molecular weight excluding hydrogens is 436 g/mol. The Morgan fingerprint density at radius 1 is 0.871 bits per heavy atom. The van der Waals surface area contributed by atoms with E-state index >= 15 is 0 Å². The van der Waals surface area contributed by atoms with E-state index in [1.54, 1.807) is 42.5 Å². The fourth-order valence-electron chi connectivity index (χ4n) is 3.32. The lowest BCUT2D eigenvalue weighted by Crippen LogP contribution is -2.22. The van der Waals surface area contributed by atoms with E-state index in [0.717, 1.165) is 6.20 Å². The van der Waals surface area contributed by atoms with Crippen molar-refractivity contribution in [3.63, 3.8) is 0 Å². The van der Waals surface area contributed by atoms with Crippen molar-refractivity contribution in [3.05, 3.63) is 105 Å². The Kier molecular flexibility index (Phi) is 5.19. The summed E-state index contributed by atoms with van der Waals surface area (Å²) < 4.78 is 25.5. The van der Waals surface area contributed by atoms with Gasteiger partial charge < -0.3 is 5.32 Å². The summed E-state index contributed by atoms with van der Waals surface area (Å²) in [6.07, 6.45) is 1.01. The minimum Gasteiger partial charge on any atom is -0.359 e. The van der Waals surface area contributed by atoms with E-state index in [4.69, 9.17) is 11.6 Å². The van der Waals surface area contributed by atoms with Crippen molar-refractivity contribution in [1.82, 2.24) is 0 Å². The molecule has 0 bridgehead atoms. The fraction of sp³-hybridized carbons (Fsp3) is 0. The quantitative estimate of drug-likeness (QED) is 0.465. The SMILES string of the molecule is N#C/C(=C/Nc1cccc2c1C(=O)c1ccccc1C2=O)S(=O)(=O)c1ccc(Cl)cc1. The molecule has 4 rings (SSSR count). The first-order valence-electron chi connectivity index (χ1n) is 9.03. The van der Waals surface area contributed by atoms with Gasteiger partial charge in [-0.3, -0.25) is 9.59 Å². The summed E-state index contributed by atoms with van der Waals surface area (Å²) in [6, 6.07) is 18.2. The van der Waals surface area contributed by atoms with Crippen LogP contribution in [0.4, 0.5) is 5.69 Å². The zero-order valence-electron chi connectivity index (χ0n) is 15.8. The van der Waals surface area contributed by atoms with Crippen LogP contribution in [0.5, 0.6) is 0 Å². The highest BCUT2D eigenvalue weighted by atomic mass is 35.5. The highest BCUT2D eigenvalue weighted by Gasteiger charge is 2.31. The molecule has 0 saturated carbocycles. The van der Waals surface area contributed by atoms with Gasteiger partial charge in [0, 0.05) is 27.9 Å². The van der Waals surface area contributed by atoms with Gasteiger partial charge in [-0.05, 0) is 30.3 Å². The lowest BCUT2D eigenvalue weighted by atomic mass is 9.83. The van der Waals surface area contributed by atoms with Crippen molar-refractivity contribution in [2.75, 3.05) is 5.32 Å². The highest BCUT2D eigenvalue weighted by molar-refractivity contribution is 7.95. The van der Waals surface area contributed by atoms with E-state index in [-0.39, 0.29) is 38.8 Å². The molecule has 31 heavy (non-hydrogen) atoms. The molecule has 0 saturated heterocycles. The molecule has 1 N–H and O–H groups in total. The van der Waals surface area contributed by atoms with Crippen molar-refractivity contribution in [3.8, 4) is 6.07 Å². The molecule has 0 unspecified atom stereocenters. The van der Waals surface area contributed by atoms with Crippen LogP contribution in [0.15, 0.2) is 82.7 Å². The topological polar surface area (TPSA) is 104 Å². The van der Waals surface area contributed by atoms with Gasteiger partial charge >= 0.3 is 0 Å². The first-order chi connectivity index (χ1) is 14.8. The summed E-state index contributed by atoms with van der Waals surface area (Å²) in [7, 11) is -4.11. The average Bonchev–Trinajstić information content (AvgIpc) is 2.78. The van der Waals surface area contributed by atoms with Gasteiger partial charge in [-0.1, -0.05) is 48.0 Å². The summed E-state index contributed by atoms with van der Waals surface area (Å²) in [6.45, 7) is 0. The molecule has 1 aliphatic rings. The second-order valence-electron chi connectivity index (χ2n) is 6.65. The molecule has 0 amide bonds. The zero-order valence-corrected chi connectivity index (χ0v) is 17.4. The number of benzene rings is 3. The van der Waals surface area contributed by atoms with Crippen LogP contribution in [-0.2, 0) is 9.84 Å². The Hall–Kier alpha value is -3.73. The lowest BCUT2D eigenvalue weighted by molar-refractivity contribution is 0.0979. The molecule has 3 aromatic carbocycles. The molecule has 6 nitrogen and oxygen atoms in total. The Balaban J connectivity index is 1.75. The Morgan fingerprint density at radius 3 is 2.13 bits per heavy atom. The monoisotopic (exact) mass is 448 g/mol. The maximum Gasteiger partial charge on any atom is 0.218 e. The van der Waals surface area contributed by atoms with Crippen molar-refractivity contribution in [1.29, 1.82) is 5.26 Å². The van der Waals surface area contributed by atoms with Gasteiger partial charge in [-0.15, -0.1) is 0 Å². The van der Waals surface area contributed by atoms with E-state index in [1.165, 1.54) is 30.3 Å². The van der Waals surface area contributed by atoms with Gasteiger partial charge in [0.25, 0.3) is 0 Å². The third kappa shape index (κ3) is 3.52. The number of nitrogens with zero attached hydrogens (tertiary/aromatic N) is 1. The predicted octanol–water partition coefficient (Wildman–Crippen LogP) is 4.37. The van der Waals surface area contributed by atoms with E-state index in [0.29, 0.717) is 10.6 Å². The fourth-order valence-corrected chi connectivity index (χ4v) is 4.53. The van der Waals surface area contributed by atoms with Crippen LogP contribution >= 0.6 is 11.6 Å². The van der Waals surface area contributed by atoms with Crippen LogP contribution in [0.1, 0.15) is 31.8 Å². The Bertz CT molecular complexity index is 1420. The summed E-state index contributed by atoms with van der Waals surface area (Å²) in [5.74, 6) is -0.659. The zero-order chi connectivity index (χ0) is 22.2. The summed E-state index contributed by atoms with van der Waals surface area (Å²) >= 11 is 5.80. The number of ketones is 2. The number of fused-ring (bicyclic) bond motifs is 2. The molecule has 0 aromatic heterocycles. The third-order valence-corrected chi connectivity index (χ3v) is 6.77. The second-order valence-corrected chi connectivity index (χ2v) is 9.01. The van der Waals surface area contributed by atoms with Crippen molar-refractivity contribution < 1.29 is 18.0 Å². The number of rotatable bonds is 4. The number of carbonyl (C=O) groups is 2. The number of nitriles is 1. The van der Waals surface area contributed by atoms with Crippen LogP contribution in [0.25, 0.3) is 0 Å². The van der Waals surface area contributed by atoms with E-state index in [2.05, 4.69) is 5.32 Å². The molecule has 0 heterocycles. The maximum atomic E-state index is 13.0. The minimum absolute atomic E-state index is 0.0956. The third-order valence-electron chi connectivity index (χ3n) is 4.83. The molecule has 8 heteroatoms. The lowest BCUT2D eigenvalue weighted by Gasteiger charge is -2.20. The largest absolute Gasteiger partial charge is 0.359 e. The van der Waals surface area contributed by atoms with E-state index in [9.17, 15) is 23.3 Å². The number of sulfone groups is 1. The molecule has 152 valence electrons. The average molecular weight is 449 g/mol. The first kappa shape index (κ1) is 20.5. The Morgan fingerprint density at radius 2 is 1.48 bits per heavy atom. The molecule has 3 aromatic rings. The molecule has 1 aliphatic carbocycles. The number of allylic oxidation sites excluding steroid dienone is 1. The van der Waals surface area contributed by atoms with Crippen LogP contribution in [0.3, 0.4) is 0 Å². The predicted molar refractivity (Wildman–Crippen MR) is 116 cm³/mol. The molecule has 0 aliphatic heterocycles. The summed E-state index contributed by atoms with van der Waals surface area (Å²) in [4.78, 5) is 25.2. The van der Waals surface area contributed by atoms with Crippen molar-refractivity contribution >= 4 is 38.7 Å². The van der Waals surface area contributed by atoms with Crippen molar-refractivity contribution in [2.24, 2.45) is 0 Å². The van der Waals surface area contributed by atoms with Crippen molar-refractivity contribution in [2.45, 2.75) is 4.90 Å². The number of carbonyl (C=O) groups excluding carboxylic acids is 2. The molecule has 0 atom stereocenters. The van der Waals surface area contributed by atoms with Gasteiger partial charge in [0.05, 0.1) is 16.1 Å². The van der Waals surface area contributed by atoms with Gasteiger partial charge in [-0.2, -0.15) is 5.26 Å². The minimum atomic E-state index is -4.11. The number of hydrogen-bond donors (Lipinski definition) is 1.